The third-order valence-electron chi connectivity index (χ3n) is 4.69. The van der Waals surface area contributed by atoms with Crippen LogP contribution in [0, 0.1) is 17.2 Å². The van der Waals surface area contributed by atoms with E-state index in [0.29, 0.717) is 50.5 Å². The van der Waals surface area contributed by atoms with E-state index in [4.69, 9.17) is 11.0 Å². The second kappa shape index (κ2) is 8.05. The molecule has 0 spiro atoms. The molecule has 0 aromatic carbocycles. The summed E-state index contributed by atoms with van der Waals surface area (Å²) in [6, 6.07) is 2.09. The number of nitriles is 1. The second-order valence-electron chi connectivity index (χ2n) is 6.30. The Kier molecular flexibility index (Phi) is 6.32. The van der Waals surface area contributed by atoms with E-state index in [0.717, 1.165) is 0 Å². The molecule has 9 heteroatoms. The van der Waals surface area contributed by atoms with Crippen LogP contribution in [-0.4, -0.2) is 54.9 Å². The minimum atomic E-state index is -4.11. The number of nitrogens with one attached hydrogen (secondary N) is 2. The first-order chi connectivity index (χ1) is 11.4. The highest BCUT2D eigenvalue weighted by atomic mass is 19.4. The predicted molar refractivity (Wildman–Crippen MR) is 84.0 cm³/mol. The van der Waals surface area contributed by atoms with Crippen LogP contribution in [0.2, 0.25) is 0 Å². The topological polar surface area (TPSA) is 80.3 Å². The first-order valence-electron chi connectivity index (χ1n) is 8.31. The zero-order valence-electron chi connectivity index (χ0n) is 13.9. The lowest BCUT2D eigenvalue weighted by Crippen LogP contribution is -2.55. The van der Waals surface area contributed by atoms with E-state index in [-0.39, 0.29) is 19.0 Å². The van der Waals surface area contributed by atoms with Crippen molar-refractivity contribution in [2.45, 2.75) is 38.5 Å². The summed E-state index contributed by atoms with van der Waals surface area (Å²) >= 11 is 0. The quantitative estimate of drug-likeness (QED) is 0.668. The van der Waals surface area contributed by atoms with Crippen LogP contribution in [0.5, 0.6) is 0 Å². The van der Waals surface area contributed by atoms with Crippen LogP contribution in [0.15, 0.2) is 11.4 Å². The maximum absolute atomic E-state index is 13.0. The predicted octanol–water partition coefficient (Wildman–Crippen LogP) is 1.10. The largest absolute Gasteiger partial charge is 0.391 e. The van der Waals surface area contributed by atoms with Crippen molar-refractivity contribution in [3.63, 3.8) is 0 Å². The van der Waals surface area contributed by atoms with Crippen LogP contribution in [0.1, 0.15) is 26.2 Å². The summed E-state index contributed by atoms with van der Waals surface area (Å²) in [7, 11) is 0. The molecule has 0 bridgehead atoms. The van der Waals surface area contributed by atoms with E-state index in [2.05, 4.69) is 26.7 Å². The molecule has 136 valence electrons. The van der Waals surface area contributed by atoms with Gasteiger partial charge in [-0.05, 0) is 19.4 Å². The number of nitrogens with zero attached hydrogens (tertiary/aromatic N) is 3. The van der Waals surface area contributed by atoms with Gasteiger partial charge in [0.05, 0.1) is 5.92 Å². The molecular weight excluding hydrogens is 321 g/mol. The lowest BCUT2D eigenvalue weighted by Gasteiger charge is -2.38. The summed E-state index contributed by atoms with van der Waals surface area (Å²) in [4.78, 5) is 4.14. The van der Waals surface area contributed by atoms with Gasteiger partial charge in [-0.1, -0.05) is 13.3 Å². The molecular formula is C15H25F3N6. The monoisotopic (exact) mass is 346 g/mol. The lowest BCUT2D eigenvalue weighted by molar-refractivity contribution is -0.179. The van der Waals surface area contributed by atoms with Crippen LogP contribution in [0.4, 0.5) is 13.2 Å². The number of hydrogen-bond acceptors (Lipinski definition) is 6. The summed E-state index contributed by atoms with van der Waals surface area (Å²) < 4.78 is 38.9. The fourth-order valence-corrected chi connectivity index (χ4v) is 3.23. The smallest absolute Gasteiger partial charge is 0.384 e. The number of rotatable bonds is 6. The van der Waals surface area contributed by atoms with Gasteiger partial charge in [0.25, 0.3) is 0 Å². The number of alkyl halides is 3. The highest BCUT2D eigenvalue weighted by Gasteiger charge is 2.39. The van der Waals surface area contributed by atoms with Gasteiger partial charge in [-0.25, -0.2) is 5.43 Å². The number of hydrogen-bond donors (Lipinski definition) is 3. The number of hydrazine groups is 1. The Morgan fingerprint density at radius 3 is 2.50 bits per heavy atom. The Hall–Kier alpha value is -1.50. The van der Waals surface area contributed by atoms with Crippen LogP contribution in [0.3, 0.4) is 0 Å². The van der Waals surface area contributed by atoms with Crippen molar-refractivity contribution in [1.82, 2.24) is 20.7 Å². The Morgan fingerprint density at radius 1 is 1.29 bits per heavy atom. The van der Waals surface area contributed by atoms with Crippen molar-refractivity contribution in [3.05, 3.63) is 11.4 Å². The van der Waals surface area contributed by atoms with Gasteiger partial charge in [0.2, 0.25) is 0 Å². The first kappa shape index (κ1) is 18.8. The molecule has 2 heterocycles. The highest BCUT2D eigenvalue weighted by molar-refractivity contribution is 5.33. The van der Waals surface area contributed by atoms with Gasteiger partial charge in [0, 0.05) is 26.2 Å². The average molecular weight is 346 g/mol. The van der Waals surface area contributed by atoms with Crippen LogP contribution >= 0.6 is 0 Å². The molecule has 4 N–H and O–H groups in total. The van der Waals surface area contributed by atoms with Gasteiger partial charge in [-0.3, -0.25) is 4.90 Å². The summed E-state index contributed by atoms with van der Waals surface area (Å²) in [6.45, 7) is 4.98. The summed E-state index contributed by atoms with van der Waals surface area (Å²) in [5.74, 6) is -0.883. The summed E-state index contributed by atoms with van der Waals surface area (Å²) in [5.41, 5.74) is 11.9. The first-order valence-corrected chi connectivity index (χ1v) is 8.31. The second-order valence-corrected chi connectivity index (χ2v) is 6.30. The zero-order chi connectivity index (χ0) is 17.7. The normalized spacial score (nSPS) is 24.7. The molecule has 24 heavy (non-hydrogen) atoms. The van der Waals surface area contributed by atoms with E-state index in [1.165, 1.54) is 0 Å². The molecule has 2 unspecified atom stereocenters. The summed E-state index contributed by atoms with van der Waals surface area (Å²) in [5, 5.41) is 9.15. The third-order valence-corrected chi connectivity index (χ3v) is 4.69. The maximum Gasteiger partial charge on any atom is 0.391 e. The molecule has 2 rings (SSSR count). The van der Waals surface area contributed by atoms with E-state index in [1.807, 2.05) is 0 Å². The number of halogens is 3. The van der Waals surface area contributed by atoms with Gasteiger partial charge >= 0.3 is 6.18 Å². The molecule has 2 aliphatic heterocycles. The minimum Gasteiger partial charge on any atom is -0.384 e. The zero-order valence-corrected chi connectivity index (χ0v) is 13.9. The molecule has 6 nitrogen and oxygen atoms in total. The molecule has 0 amide bonds. The van der Waals surface area contributed by atoms with Gasteiger partial charge in [0.15, 0.2) is 0 Å². The van der Waals surface area contributed by atoms with Gasteiger partial charge < -0.3 is 16.1 Å². The Labute approximate surface area is 140 Å². The number of nitrogens with two attached hydrogens (primary N) is 1. The average Bonchev–Trinajstić information content (AvgIpc) is 2.91. The maximum atomic E-state index is 13.0. The Balaban J connectivity index is 1.80. The van der Waals surface area contributed by atoms with Gasteiger partial charge in [-0.2, -0.15) is 18.4 Å². The Morgan fingerprint density at radius 2 is 1.96 bits per heavy atom. The SMILES string of the molecule is CCCC(CCN1CCN(C2NNC(N)=C2C#N)CC1)C(F)(F)F. The molecule has 0 saturated carbocycles. The van der Waals surface area contributed by atoms with Crippen molar-refractivity contribution in [2.75, 3.05) is 32.7 Å². The van der Waals surface area contributed by atoms with Crippen molar-refractivity contribution < 1.29 is 13.2 Å². The molecule has 0 aliphatic carbocycles. The fraction of sp³-hybridized carbons (Fsp3) is 0.800. The molecule has 0 aromatic rings. The van der Waals surface area contributed by atoms with Crippen LogP contribution in [0.25, 0.3) is 0 Å². The van der Waals surface area contributed by atoms with Gasteiger partial charge in [-0.15, -0.1) is 0 Å². The van der Waals surface area contributed by atoms with E-state index in [1.54, 1.807) is 6.92 Å². The van der Waals surface area contributed by atoms with Crippen molar-refractivity contribution >= 4 is 0 Å². The van der Waals surface area contributed by atoms with Crippen LogP contribution in [-0.2, 0) is 0 Å². The van der Waals surface area contributed by atoms with E-state index >= 15 is 0 Å². The molecule has 0 aromatic heterocycles. The lowest BCUT2D eigenvalue weighted by atomic mass is 9.99. The van der Waals surface area contributed by atoms with Crippen molar-refractivity contribution in [2.24, 2.45) is 11.7 Å². The number of piperazine rings is 1. The molecule has 2 aliphatic rings. The van der Waals surface area contributed by atoms with Crippen molar-refractivity contribution in [1.29, 1.82) is 5.26 Å². The van der Waals surface area contributed by atoms with E-state index < -0.39 is 12.1 Å². The molecule has 2 atom stereocenters. The van der Waals surface area contributed by atoms with Crippen LogP contribution < -0.4 is 16.6 Å². The molecule has 0 radical (unpaired) electrons. The summed E-state index contributed by atoms with van der Waals surface area (Å²) in [6.07, 6.45) is -3.49. The standard InChI is InChI=1S/C15H25F3N6/c1-2-3-11(15(16,17)18)4-5-23-6-8-24(9-7-23)14-12(10-19)13(20)21-22-14/h11,14,21-22H,2-9,20H2,1H3. The Bertz CT molecular complexity index is 490. The highest BCUT2D eigenvalue weighted by Crippen LogP contribution is 2.32. The van der Waals surface area contributed by atoms with E-state index in [9.17, 15) is 13.2 Å². The minimum absolute atomic E-state index is 0.150. The van der Waals surface area contributed by atoms with Gasteiger partial charge in [0.1, 0.15) is 23.6 Å². The van der Waals surface area contributed by atoms with Crippen molar-refractivity contribution in [3.8, 4) is 6.07 Å². The molecule has 1 fully saturated rings. The molecule has 1 saturated heterocycles. The fourth-order valence-electron chi connectivity index (χ4n) is 3.23. The third kappa shape index (κ3) is 4.53.